The highest BCUT2D eigenvalue weighted by Gasteiger charge is 2.24. The van der Waals surface area contributed by atoms with Crippen molar-refractivity contribution in [2.24, 2.45) is 7.05 Å². The van der Waals surface area contributed by atoms with E-state index in [1.807, 2.05) is 20.0 Å². The van der Waals surface area contributed by atoms with Crippen molar-refractivity contribution in [2.75, 3.05) is 0 Å². The maximum Gasteiger partial charge on any atom is 0.236 e. The minimum atomic E-state index is -0.191. The fraction of sp³-hybridized carbons (Fsp3) is 0.412. The van der Waals surface area contributed by atoms with E-state index in [9.17, 15) is 0 Å². The third-order valence-corrected chi connectivity index (χ3v) is 4.03. The van der Waals surface area contributed by atoms with Gasteiger partial charge >= 0.3 is 0 Å². The third kappa shape index (κ3) is 3.25. The molecule has 0 bridgehead atoms. The van der Waals surface area contributed by atoms with Crippen molar-refractivity contribution in [3.63, 3.8) is 0 Å². The van der Waals surface area contributed by atoms with Gasteiger partial charge in [0.25, 0.3) is 0 Å². The van der Waals surface area contributed by atoms with Gasteiger partial charge in [-0.15, -0.1) is 20.4 Å². The van der Waals surface area contributed by atoms with E-state index in [4.69, 9.17) is 9.26 Å². The molecule has 0 radical (unpaired) electrons. The first-order valence-corrected chi connectivity index (χ1v) is 8.50. The van der Waals surface area contributed by atoms with Gasteiger partial charge in [0, 0.05) is 18.7 Å². The maximum atomic E-state index is 5.99. The van der Waals surface area contributed by atoms with Gasteiger partial charge in [-0.3, -0.25) is 4.68 Å². The molecule has 4 aromatic rings. The molecule has 10 heteroatoms. The van der Waals surface area contributed by atoms with Crippen LogP contribution >= 0.6 is 0 Å². The zero-order valence-corrected chi connectivity index (χ0v) is 15.8. The van der Waals surface area contributed by atoms with E-state index in [1.54, 1.807) is 21.5 Å². The highest BCUT2D eigenvalue weighted by molar-refractivity contribution is 5.56. The van der Waals surface area contributed by atoms with Gasteiger partial charge in [-0.2, -0.15) is 4.52 Å². The fourth-order valence-corrected chi connectivity index (χ4v) is 2.70. The monoisotopic (exact) mass is 368 g/mol. The molecule has 0 unspecified atom stereocenters. The van der Waals surface area contributed by atoms with Gasteiger partial charge in [0.1, 0.15) is 18.1 Å². The molecular formula is C17H20N8O2. The fourth-order valence-electron chi connectivity index (χ4n) is 2.70. The lowest BCUT2D eigenvalue weighted by Gasteiger charge is -2.21. The Bertz CT molecular complexity index is 1100. The molecule has 0 fully saturated rings. The van der Waals surface area contributed by atoms with Crippen molar-refractivity contribution >= 4 is 5.65 Å². The molecule has 0 atom stereocenters. The van der Waals surface area contributed by atoms with Crippen LogP contribution in [0.3, 0.4) is 0 Å². The van der Waals surface area contributed by atoms with Crippen molar-refractivity contribution in [2.45, 2.75) is 39.7 Å². The summed E-state index contributed by atoms with van der Waals surface area (Å²) in [7, 11) is 1.81. The van der Waals surface area contributed by atoms with E-state index in [0.717, 1.165) is 11.3 Å². The summed E-state index contributed by atoms with van der Waals surface area (Å²) >= 11 is 0. The quantitative estimate of drug-likeness (QED) is 0.539. The summed E-state index contributed by atoms with van der Waals surface area (Å²) in [5, 5.41) is 25.1. The number of ether oxygens (including phenoxy) is 1. The van der Waals surface area contributed by atoms with E-state index in [1.165, 1.54) is 0 Å². The second-order valence-electron chi connectivity index (χ2n) is 7.40. The molecular weight excluding hydrogens is 348 g/mol. The first kappa shape index (κ1) is 17.1. The van der Waals surface area contributed by atoms with Gasteiger partial charge in [-0.25, -0.2) is 0 Å². The number of aryl methyl sites for hydroxylation is 2. The van der Waals surface area contributed by atoms with Crippen LogP contribution < -0.4 is 4.74 Å². The standard InChI is InChI=1S/C17H20N8O2/c1-10-6-13(22-27-10)15-20-19-14-7-12(17(2,3)4)16(21-25(14)15)26-9-11-8-24(5)23-18-11/h6-8H,9H2,1-5H3. The van der Waals surface area contributed by atoms with E-state index < -0.39 is 0 Å². The number of fused-ring (bicyclic) bond motifs is 1. The number of nitrogens with zero attached hydrogens (tertiary/aromatic N) is 8. The van der Waals surface area contributed by atoms with Gasteiger partial charge < -0.3 is 9.26 Å². The molecule has 4 aromatic heterocycles. The minimum Gasteiger partial charge on any atom is -0.470 e. The molecule has 0 aliphatic heterocycles. The van der Waals surface area contributed by atoms with Crippen LogP contribution in [0.4, 0.5) is 0 Å². The van der Waals surface area contributed by atoms with Gasteiger partial charge in [0.15, 0.2) is 11.3 Å². The number of hydrogen-bond acceptors (Lipinski definition) is 8. The molecule has 0 saturated heterocycles. The molecule has 140 valence electrons. The molecule has 4 heterocycles. The highest BCUT2D eigenvalue weighted by Crippen LogP contribution is 2.31. The average Bonchev–Trinajstić information content (AvgIpc) is 3.30. The van der Waals surface area contributed by atoms with Gasteiger partial charge in [0.2, 0.25) is 11.7 Å². The van der Waals surface area contributed by atoms with Crippen LogP contribution in [-0.2, 0) is 19.1 Å². The van der Waals surface area contributed by atoms with Gasteiger partial charge in [0.05, 0.1) is 6.20 Å². The Morgan fingerprint density at radius 1 is 1.15 bits per heavy atom. The first-order chi connectivity index (χ1) is 12.8. The van der Waals surface area contributed by atoms with Gasteiger partial charge in [-0.1, -0.05) is 31.1 Å². The third-order valence-electron chi connectivity index (χ3n) is 4.03. The van der Waals surface area contributed by atoms with Crippen LogP contribution in [0.1, 0.15) is 37.8 Å². The SMILES string of the molecule is Cc1cc(-c2nnc3cc(C(C)(C)C)c(OCc4cn(C)nn4)nn23)no1. The normalized spacial score (nSPS) is 12.0. The Morgan fingerprint density at radius 3 is 2.59 bits per heavy atom. The molecule has 0 aliphatic rings. The van der Waals surface area contributed by atoms with E-state index >= 15 is 0 Å². The molecule has 0 spiro atoms. The topological polar surface area (TPSA) is 109 Å². The van der Waals surface area contributed by atoms with Crippen LogP contribution in [0.15, 0.2) is 22.9 Å². The summed E-state index contributed by atoms with van der Waals surface area (Å²) in [6.45, 7) is 8.35. The lowest BCUT2D eigenvalue weighted by atomic mass is 9.88. The van der Waals surface area contributed by atoms with Crippen LogP contribution in [0, 0.1) is 6.92 Å². The molecule has 10 nitrogen and oxygen atoms in total. The molecule has 4 rings (SSSR count). The zero-order valence-electron chi connectivity index (χ0n) is 15.8. The Balaban J connectivity index is 1.78. The number of hydrogen-bond donors (Lipinski definition) is 0. The van der Waals surface area contributed by atoms with Crippen molar-refractivity contribution in [3.8, 4) is 17.4 Å². The number of aromatic nitrogens is 8. The first-order valence-electron chi connectivity index (χ1n) is 8.50. The second kappa shape index (κ2) is 6.15. The van der Waals surface area contributed by atoms with Crippen LogP contribution in [0.2, 0.25) is 0 Å². The van der Waals surface area contributed by atoms with Crippen LogP contribution in [0.25, 0.3) is 17.2 Å². The molecule has 0 amide bonds. The van der Waals surface area contributed by atoms with Gasteiger partial charge in [-0.05, 0) is 18.4 Å². The largest absolute Gasteiger partial charge is 0.470 e. The van der Waals surface area contributed by atoms with Crippen LogP contribution in [-0.4, -0.2) is 40.0 Å². The summed E-state index contributed by atoms with van der Waals surface area (Å²) in [4.78, 5) is 0. The zero-order chi connectivity index (χ0) is 19.2. The molecule has 0 aliphatic carbocycles. The molecule has 27 heavy (non-hydrogen) atoms. The summed E-state index contributed by atoms with van der Waals surface area (Å²) in [6, 6.07) is 3.72. The van der Waals surface area contributed by atoms with Crippen LogP contribution in [0.5, 0.6) is 5.88 Å². The summed E-state index contributed by atoms with van der Waals surface area (Å²) in [6.07, 6.45) is 1.80. The lowest BCUT2D eigenvalue weighted by molar-refractivity contribution is 0.276. The lowest BCUT2D eigenvalue weighted by Crippen LogP contribution is -2.16. The number of rotatable bonds is 4. The Labute approximate surface area is 155 Å². The highest BCUT2D eigenvalue weighted by atomic mass is 16.5. The Morgan fingerprint density at radius 2 is 1.96 bits per heavy atom. The molecule has 0 saturated carbocycles. The second-order valence-corrected chi connectivity index (χ2v) is 7.40. The summed E-state index contributed by atoms with van der Waals surface area (Å²) in [5.74, 6) is 1.67. The Hall–Kier alpha value is -3.30. The predicted molar refractivity (Wildman–Crippen MR) is 95.1 cm³/mol. The smallest absolute Gasteiger partial charge is 0.236 e. The van der Waals surface area contributed by atoms with E-state index in [2.05, 4.69) is 51.5 Å². The summed E-state index contributed by atoms with van der Waals surface area (Å²) in [5.41, 5.74) is 2.63. The van der Waals surface area contributed by atoms with Crippen molar-refractivity contribution in [3.05, 3.63) is 35.3 Å². The van der Waals surface area contributed by atoms with Crippen molar-refractivity contribution < 1.29 is 9.26 Å². The minimum absolute atomic E-state index is 0.191. The predicted octanol–water partition coefficient (Wildman–Crippen LogP) is 2.09. The van der Waals surface area contributed by atoms with Crippen molar-refractivity contribution in [1.82, 2.24) is 40.0 Å². The Kier molecular flexibility index (Phi) is 3.90. The molecule has 0 N–H and O–H groups in total. The van der Waals surface area contributed by atoms with E-state index in [0.29, 0.717) is 28.8 Å². The summed E-state index contributed by atoms with van der Waals surface area (Å²) < 4.78 is 14.4. The average molecular weight is 368 g/mol. The molecule has 0 aromatic carbocycles. The van der Waals surface area contributed by atoms with E-state index in [-0.39, 0.29) is 12.0 Å². The van der Waals surface area contributed by atoms with Crippen molar-refractivity contribution in [1.29, 1.82) is 0 Å². The maximum absolute atomic E-state index is 5.99.